The van der Waals surface area contributed by atoms with Gasteiger partial charge in [-0.3, -0.25) is 4.68 Å². The third-order valence-electron chi connectivity index (χ3n) is 2.18. The number of carbonyl (C=O) groups is 1. The minimum absolute atomic E-state index is 0.327. The molecule has 1 aromatic heterocycles. The molecule has 0 amide bonds. The van der Waals surface area contributed by atoms with Gasteiger partial charge in [0.25, 0.3) is 0 Å². The summed E-state index contributed by atoms with van der Waals surface area (Å²) in [6.07, 6.45) is 3.61. The third kappa shape index (κ3) is 2.41. The highest BCUT2D eigenvalue weighted by Crippen LogP contribution is 2.11. The van der Waals surface area contributed by atoms with Crippen LogP contribution >= 0.6 is 22.6 Å². The van der Waals surface area contributed by atoms with Gasteiger partial charge in [-0.15, -0.1) is 0 Å². The predicted octanol–water partition coefficient (Wildman–Crippen LogP) is 2.23. The first-order valence-corrected chi connectivity index (χ1v) is 5.74. The lowest BCUT2D eigenvalue weighted by Gasteiger charge is -2.05. The summed E-state index contributed by atoms with van der Waals surface area (Å²) in [6.45, 7) is 0.478. The van der Waals surface area contributed by atoms with E-state index in [1.165, 1.54) is 0 Å². The van der Waals surface area contributed by atoms with Crippen molar-refractivity contribution in [1.82, 2.24) is 9.78 Å². The number of carboxylic acids is 1. The standard InChI is InChI=1S/C11H9IN2O2/c12-9-5-13-14(7-9)6-8-3-1-2-4-10(8)11(15)16/h1-5,7H,6H2,(H,15,16). The molecule has 0 radical (unpaired) electrons. The van der Waals surface area contributed by atoms with E-state index in [1.807, 2.05) is 12.3 Å². The molecule has 0 atom stereocenters. The van der Waals surface area contributed by atoms with Gasteiger partial charge < -0.3 is 5.11 Å². The van der Waals surface area contributed by atoms with Crippen LogP contribution in [0.3, 0.4) is 0 Å². The Morgan fingerprint density at radius 3 is 2.81 bits per heavy atom. The van der Waals surface area contributed by atoms with Crippen LogP contribution in [-0.4, -0.2) is 20.9 Å². The Balaban J connectivity index is 2.31. The molecule has 0 aliphatic heterocycles. The zero-order chi connectivity index (χ0) is 11.5. The van der Waals surface area contributed by atoms with Gasteiger partial charge in [-0.25, -0.2) is 4.79 Å². The first kappa shape index (κ1) is 11.1. The van der Waals surface area contributed by atoms with Gasteiger partial charge in [0.1, 0.15) is 0 Å². The predicted molar refractivity (Wildman–Crippen MR) is 67.4 cm³/mol. The second kappa shape index (κ2) is 4.65. The maximum Gasteiger partial charge on any atom is 0.336 e. The minimum Gasteiger partial charge on any atom is -0.478 e. The zero-order valence-electron chi connectivity index (χ0n) is 8.30. The van der Waals surface area contributed by atoms with E-state index in [9.17, 15) is 4.79 Å². The topological polar surface area (TPSA) is 55.1 Å². The molecule has 0 aliphatic rings. The van der Waals surface area contributed by atoms with Gasteiger partial charge in [0.2, 0.25) is 0 Å². The fraction of sp³-hybridized carbons (Fsp3) is 0.0909. The average Bonchev–Trinajstić information content (AvgIpc) is 2.64. The van der Waals surface area contributed by atoms with Crippen molar-refractivity contribution in [2.45, 2.75) is 6.54 Å². The second-order valence-corrected chi connectivity index (χ2v) is 4.56. The molecule has 0 saturated heterocycles. The van der Waals surface area contributed by atoms with E-state index in [2.05, 4.69) is 27.7 Å². The van der Waals surface area contributed by atoms with Crippen LogP contribution in [0.5, 0.6) is 0 Å². The Labute approximate surface area is 106 Å². The van der Waals surface area contributed by atoms with Crippen LogP contribution < -0.4 is 0 Å². The molecule has 5 heteroatoms. The van der Waals surface area contributed by atoms with Gasteiger partial charge in [0.15, 0.2) is 0 Å². The lowest BCUT2D eigenvalue weighted by molar-refractivity contribution is 0.0695. The Hall–Kier alpha value is -1.37. The zero-order valence-corrected chi connectivity index (χ0v) is 10.5. The molecular formula is C11H9IN2O2. The number of benzene rings is 1. The monoisotopic (exact) mass is 328 g/mol. The number of hydrogen-bond acceptors (Lipinski definition) is 2. The lowest BCUT2D eigenvalue weighted by atomic mass is 10.1. The molecule has 0 aliphatic carbocycles. The molecule has 0 fully saturated rings. The summed E-state index contributed by atoms with van der Waals surface area (Å²) < 4.78 is 2.76. The Kier molecular flexibility index (Phi) is 3.23. The fourth-order valence-corrected chi connectivity index (χ4v) is 1.91. The summed E-state index contributed by atoms with van der Waals surface area (Å²) >= 11 is 2.17. The van der Waals surface area contributed by atoms with Crippen molar-refractivity contribution in [2.24, 2.45) is 0 Å². The summed E-state index contributed by atoms with van der Waals surface area (Å²) in [7, 11) is 0. The number of carboxylic acid groups (broad SMARTS) is 1. The van der Waals surface area contributed by atoms with Crippen molar-refractivity contribution in [3.8, 4) is 0 Å². The highest BCUT2D eigenvalue weighted by atomic mass is 127. The van der Waals surface area contributed by atoms with Crippen molar-refractivity contribution in [2.75, 3.05) is 0 Å². The first-order chi connectivity index (χ1) is 7.66. The van der Waals surface area contributed by atoms with Gasteiger partial charge in [0.05, 0.1) is 21.9 Å². The molecule has 1 N–H and O–H groups in total. The van der Waals surface area contributed by atoms with Crippen molar-refractivity contribution >= 4 is 28.6 Å². The maximum atomic E-state index is 11.0. The second-order valence-electron chi connectivity index (χ2n) is 3.32. The summed E-state index contributed by atoms with van der Waals surface area (Å²) in [6, 6.07) is 6.96. The summed E-state index contributed by atoms with van der Waals surface area (Å²) in [5.74, 6) is -0.905. The number of aromatic nitrogens is 2. The Bertz CT molecular complexity index is 522. The molecule has 1 aromatic carbocycles. The molecule has 1 heterocycles. The SMILES string of the molecule is O=C(O)c1ccccc1Cn1cc(I)cn1. The molecule has 4 nitrogen and oxygen atoms in total. The summed E-state index contributed by atoms with van der Waals surface area (Å²) in [5, 5.41) is 13.1. The van der Waals surface area contributed by atoms with Crippen LogP contribution in [0.25, 0.3) is 0 Å². The highest BCUT2D eigenvalue weighted by Gasteiger charge is 2.09. The summed E-state index contributed by atoms with van der Waals surface area (Å²) in [5.41, 5.74) is 1.09. The van der Waals surface area contributed by atoms with E-state index >= 15 is 0 Å². The minimum atomic E-state index is -0.905. The molecule has 0 spiro atoms. The molecule has 16 heavy (non-hydrogen) atoms. The molecule has 0 bridgehead atoms. The van der Waals surface area contributed by atoms with Crippen molar-refractivity contribution in [3.63, 3.8) is 0 Å². The molecular weight excluding hydrogens is 319 g/mol. The number of aromatic carboxylic acids is 1. The van der Waals surface area contributed by atoms with Gasteiger partial charge in [-0.2, -0.15) is 5.10 Å². The maximum absolute atomic E-state index is 11.0. The van der Waals surface area contributed by atoms with Crippen LogP contribution in [0, 0.1) is 3.57 Å². The molecule has 2 rings (SSSR count). The van der Waals surface area contributed by atoms with E-state index in [0.717, 1.165) is 9.13 Å². The van der Waals surface area contributed by atoms with Crippen LogP contribution in [0.15, 0.2) is 36.7 Å². The molecule has 2 aromatic rings. The van der Waals surface area contributed by atoms with Crippen molar-refractivity contribution in [1.29, 1.82) is 0 Å². The van der Waals surface area contributed by atoms with Crippen LogP contribution in [0.1, 0.15) is 15.9 Å². The largest absolute Gasteiger partial charge is 0.478 e. The third-order valence-corrected chi connectivity index (χ3v) is 2.74. The van der Waals surface area contributed by atoms with Gasteiger partial charge >= 0.3 is 5.97 Å². The first-order valence-electron chi connectivity index (χ1n) is 4.66. The number of halogens is 1. The Morgan fingerprint density at radius 1 is 1.44 bits per heavy atom. The molecule has 0 unspecified atom stereocenters. The van der Waals surface area contributed by atoms with Crippen LogP contribution in [0.4, 0.5) is 0 Å². The van der Waals surface area contributed by atoms with E-state index in [0.29, 0.717) is 12.1 Å². The molecule has 82 valence electrons. The number of rotatable bonds is 3. The molecule has 0 saturated carbocycles. The van der Waals surface area contributed by atoms with E-state index in [-0.39, 0.29) is 0 Å². The smallest absolute Gasteiger partial charge is 0.336 e. The van der Waals surface area contributed by atoms with Gasteiger partial charge in [-0.1, -0.05) is 18.2 Å². The Morgan fingerprint density at radius 2 is 2.19 bits per heavy atom. The van der Waals surface area contributed by atoms with E-state index in [4.69, 9.17) is 5.11 Å². The van der Waals surface area contributed by atoms with Crippen molar-refractivity contribution < 1.29 is 9.90 Å². The number of hydrogen-bond donors (Lipinski definition) is 1. The van der Waals surface area contributed by atoms with Crippen LogP contribution in [-0.2, 0) is 6.54 Å². The fourth-order valence-electron chi connectivity index (χ4n) is 1.47. The number of nitrogens with zero attached hydrogens (tertiary/aromatic N) is 2. The normalized spacial score (nSPS) is 10.3. The van der Waals surface area contributed by atoms with Crippen LogP contribution in [0.2, 0.25) is 0 Å². The van der Waals surface area contributed by atoms with Gasteiger partial charge in [0, 0.05) is 6.20 Å². The quantitative estimate of drug-likeness (QED) is 0.879. The van der Waals surface area contributed by atoms with E-state index in [1.54, 1.807) is 29.1 Å². The lowest BCUT2D eigenvalue weighted by Crippen LogP contribution is -2.07. The summed E-state index contributed by atoms with van der Waals surface area (Å²) in [4.78, 5) is 11.0. The van der Waals surface area contributed by atoms with Crippen molar-refractivity contribution in [3.05, 3.63) is 51.4 Å². The van der Waals surface area contributed by atoms with Gasteiger partial charge in [-0.05, 0) is 34.2 Å². The highest BCUT2D eigenvalue weighted by molar-refractivity contribution is 14.1. The average molecular weight is 328 g/mol. The van der Waals surface area contributed by atoms with E-state index < -0.39 is 5.97 Å².